The number of piperidine rings is 1. The average Bonchev–Trinajstić information content (AvgIpc) is 3.25. The second-order valence-corrected chi connectivity index (χ2v) is 13.7. The molecule has 0 bridgehead atoms. The van der Waals surface area contributed by atoms with Gasteiger partial charge >= 0.3 is 11.9 Å². The summed E-state index contributed by atoms with van der Waals surface area (Å²) in [5.41, 5.74) is -0.618. The van der Waals surface area contributed by atoms with E-state index in [9.17, 15) is 30.8 Å². The molecule has 234 valence electrons. The maximum atomic E-state index is 14.9. The molecule has 1 aliphatic rings. The number of alkyl halides is 3. The maximum Gasteiger partial charge on any atom is 0.410 e. The van der Waals surface area contributed by atoms with Crippen LogP contribution in [0.2, 0.25) is 0 Å². The number of likely N-dealkylation sites (tertiary alicyclic amines) is 1. The number of halogens is 4. The van der Waals surface area contributed by atoms with Crippen molar-refractivity contribution in [3.63, 3.8) is 0 Å². The molecule has 1 aliphatic heterocycles. The van der Waals surface area contributed by atoms with Gasteiger partial charge in [-0.1, -0.05) is 0 Å². The molecular formula is C26H30F4N6O5S2. The quantitative estimate of drug-likeness (QED) is 0.288. The Labute approximate surface area is 249 Å². The first-order valence-electron chi connectivity index (χ1n) is 13.0. The van der Waals surface area contributed by atoms with Gasteiger partial charge in [-0.15, -0.1) is 11.3 Å². The molecule has 11 nitrogen and oxygen atoms in total. The Balaban J connectivity index is 1.53. The Morgan fingerprint density at radius 1 is 1.19 bits per heavy atom. The molecule has 0 radical (unpaired) electrons. The van der Waals surface area contributed by atoms with E-state index >= 15 is 0 Å². The van der Waals surface area contributed by atoms with Gasteiger partial charge in [0.1, 0.15) is 16.6 Å². The van der Waals surface area contributed by atoms with Gasteiger partial charge in [0.2, 0.25) is 11.8 Å². The molecule has 43 heavy (non-hydrogen) atoms. The largest absolute Gasteiger partial charge is 0.444 e. The first kappa shape index (κ1) is 32.2. The van der Waals surface area contributed by atoms with Crippen LogP contribution in [0.15, 0.2) is 24.4 Å². The van der Waals surface area contributed by atoms with Crippen LogP contribution in [0.5, 0.6) is 11.6 Å². The van der Waals surface area contributed by atoms with Crippen LogP contribution in [0.25, 0.3) is 10.6 Å². The number of hydrogen-bond donors (Lipinski definition) is 2. The first-order chi connectivity index (χ1) is 20.0. The van der Waals surface area contributed by atoms with Gasteiger partial charge in [-0.2, -0.15) is 8.78 Å². The van der Waals surface area contributed by atoms with Crippen molar-refractivity contribution in [3.8, 4) is 22.2 Å². The molecule has 17 heteroatoms. The Kier molecular flexibility index (Phi) is 9.34. The number of nitrogens with one attached hydrogen (secondary N) is 2. The number of carbonyl (C=O) groups excluding carboxylic acids is 1. The number of anilines is 2. The molecule has 0 saturated carbocycles. The highest BCUT2D eigenvalue weighted by molar-refractivity contribution is 7.93. The fourth-order valence-corrected chi connectivity index (χ4v) is 5.57. The molecule has 3 aromatic rings. The van der Waals surface area contributed by atoms with Crippen LogP contribution in [0.3, 0.4) is 0 Å². The summed E-state index contributed by atoms with van der Waals surface area (Å²) in [5, 5.41) is 3.61. The third kappa shape index (κ3) is 8.22. The first-order valence-corrected chi connectivity index (χ1v) is 15.3. The van der Waals surface area contributed by atoms with E-state index in [1.165, 1.54) is 29.4 Å². The SMILES string of the molecule is Cc1nc(Oc2cc(C)c(NS(=O)(=O)C(F)F)cc2F)c(-c2ccnc(N[C@H]3C[C@H](F)CN(C(=O)OC(C)(C)C)C3)n2)s1. The van der Waals surface area contributed by atoms with Crippen LogP contribution in [0, 0.1) is 19.7 Å². The standard InChI is InChI=1S/C26H30F4N6O5S2/c1-13-8-20(17(28)10-19(13)35-43(38,39)23(29)30)40-22-21(42-14(2)32-22)18-6-7-31-24(34-18)33-16-9-15(27)11-36(12-16)25(37)41-26(3,4)5/h6-8,10,15-16,23,35H,9,11-12H2,1-5H3,(H,31,33,34)/t15-,16-/m0/s1. The van der Waals surface area contributed by atoms with Crippen LogP contribution in [0.1, 0.15) is 37.8 Å². The number of ether oxygens (including phenoxy) is 2. The minimum Gasteiger partial charge on any atom is -0.444 e. The molecule has 1 aromatic carbocycles. The van der Waals surface area contributed by atoms with Crippen molar-refractivity contribution in [2.45, 2.75) is 64.6 Å². The van der Waals surface area contributed by atoms with Crippen molar-refractivity contribution < 1.29 is 40.2 Å². The van der Waals surface area contributed by atoms with Gasteiger partial charge in [0.05, 0.1) is 22.9 Å². The summed E-state index contributed by atoms with van der Waals surface area (Å²) in [7, 11) is -5.00. The fraction of sp³-hybridized carbons (Fsp3) is 0.462. The lowest BCUT2D eigenvalue weighted by molar-refractivity contribution is 0.0124. The number of carbonyl (C=O) groups is 1. The summed E-state index contributed by atoms with van der Waals surface area (Å²) >= 11 is 1.19. The van der Waals surface area contributed by atoms with E-state index in [1.54, 1.807) is 38.5 Å². The van der Waals surface area contributed by atoms with Gasteiger partial charge in [0.25, 0.3) is 10.0 Å². The Morgan fingerprint density at radius 3 is 2.58 bits per heavy atom. The van der Waals surface area contributed by atoms with Crippen molar-refractivity contribution >= 4 is 39.1 Å². The van der Waals surface area contributed by atoms with E-state index in [-0.39, 0.29) is 48.3 Å². The molecule has 1 amide bonds. The topological polar surface area (TPSA) is 136 Å². The lowest BCUT2D eigenvalue weighted by atomic mass is 10.0. The number of sulfonamides is 1. The second-order valence-electron chi connectivity index (χ2n) is 10.8. The van der Waals surface area contributed by atoms with Gasteiger partial charge in [-0.3, -0.25) is 4.72 Å². The van der Waals surface area contributed by atoms with Crippen molar-refractivity contribution in [2.24, 2.45) is 0 Å². The van der Waals surface area contributed by atoms with Crippen LogP contribution in [-0.4, -0.2) is 71.0 Å². The van der Waals surface area contributed by atoms with Crippen molar-refractivity contribution in [2.75, 3.05) is 23.1 Å². The normalized spacial score (nSPS) is 17.6. The molecule has 2 aromatic heterocycles. The lowest BCUT2D eigenvalue weighted by Crippen LogP contribution is -2.51. The Bertz CT molecular complexity index is 1600. The Hall–Kier alpha value is -3.73. The molecule has 2 N–H and O–H groups in total. The molecule has 1 fully saturated rings. The van der Waals surface area contributed by atoms with Crippen molar-refractivity contribution in [1.82, 2.24) is 19.9 Å². The third-order valence-electron chi connectivity index (χ3n) is 5.95. The predicted octanol–water partition coefficient (Wildman–Crippen LogP) is 5.87. The highest BCUT2D eigenvalue weighted by atomic mass is 32.2. The van der Waals surface area contributed by atoms with Crippen LogP contribution in [-0.2, 0) is 14.8 Å². The summed E-state index contributed by atoms with van der Waals surface area (Å²) in [5.74, 6) is -4.90. The zero-order chi connectivity index (χ0) is 31.7. The van der Waals surface area contributed by atoms with Crippen LogP contribution < -0.4 is 14.8 Å². The van der Waals surface area contributed by atoms with E-state index in [0.29, 0.717) is 15.6 Å². The van der Waals surface area contributed by atoms with Gasteiger partial charge in [-0.05, 0) is 52.3 Å². The van der Waals surface area contributed by atoms with Crippen molar-refractivity contribution in [3.05, 3.63) is 40.8 Å². The van der Waals surface area contributed by atoms with E-state index in [1.807, 2.05) is 0 Å². The summed E-state index contributed by atoms with van der Waals surface area (Å²) in [4.78, 5) is 27.2. The molecule has 0 aliphatic carbocycles. The summed E-state index contributed by atoms with van der Waals surface area (Å²) in [6, 6.07) is 2.94. The summed E-state index contributed by atoms with van der Waals surface area (Å²) < 4.78 is 90.8. The number of amides is 1. The number of thiazole rings is 1. The van der Waals surface area contributed by atoms with E-state index in [4.69, 9.17) is 9.47 Å². The number of benzene rings is 1. The van der Waals surface area contributed by atoms with Crippen molar-refractivity contribution in [1.29, 1.82) is 0 Å². The number of nitrogens with zero attached hydrogens (tertiary/aromatic N) is 4. The summed E-state index contributed by atoms with van der Waals surface area (Å²) in [6.45, 7) is 8.33. The molecule has 1 saturated heterocycles. The van der Waals surface area contributed by atoms with Gasteiger partial charge in [0.15, 0.2) is 11.6 Å². The van der Waals surface area contributed by atoms with Gasteiger partial charge in [0, 0.05) is 31.3 Å². The van der Waals surface area contributed by atoms with Crippen LogP contribution in [0.4, 0.5) is 34.0 Å². The molecule has 2 atom stereocenters. The fourth-order valence-electron chi connectivity index (χ4n) is 4.14. The highest BCUT2D eigenvalue weighted by Crippen LogP contribution is 2.39. The molecule has 4 rings (SSSR count). The van der Waals surface area contributed by atoms with Gasteiger partial charge in [-0.25, -0.2) is 36.9 Å². The molecule has 0 unspecified atom stereocenters. The number of aromatic nitrogens is 3. The zero-order valence-corrected chi connectivity index (χ0v) is 25.5. The van der Waals surface area contributed by atoms with Gasteiger partial charge < -0.3 is 19.7 Å². The third-order valence-corrected chi connectivity index (χ3v) is 7.90. The monoisotopic (exact) mass is 646 g/mol. The lowest BCUT2D eigenvalue weighted by Gasteiger charge is -2.36. The smallest absolute Gasteiger partial charge is 0.410 e. The number of hydrogen-bond acceptors (Lipinski definition) is 10. The highest BCUT2D eigenvalue weighted by Gasteiger charge is 2.33. The minimum atomic E-state index is -5.00. The number of rotatable bonds is 8. The molecule has 0 spiro atoms. The predicted molar refractivity (Wildman–Crippen MR) is 152 cm³/mol. The molecular weight excluding hydrogens is 616 g/mol. The molecule has 3 heterocycles. The van der Waals surface area contributed by atoms with E-state index in [2.05, 4.69) is 20.3 Å². The van der Waals surface area contributed by atoms with Crippen LogP contribution >= 0.6 is 11.3 Å². The maximum absolute atomic E-state index is 14.9. The second kappa shape index (κ2) is 12.5. The van der Waals surface area contributed by atoms with E-state index in [0.717, 1.165) is 12.1 Å². The van der Waals surface area contributed by atoms with E-state index < -0.39 is 45.5 Å². The Morgan fingerprint density at radius 2 is 1.91 bits per heavy atom. The summed E-state index contributed by atoms with van der Waals surface area (Å²) in [6.07, 6.45) is -0.343. The number of aryl methyl sites for hydroxylation is 2. The zero-order valence-electron chi connectivity index (χ0n) is 23.8. The minimum absolute atomic E-state index is 0.0102. The average molecular weight is 647 g/mol.